The van der Waals surface area contributed by atoms with Crippen LogP contribution < -0.4 is 4.90 Å². The molecule has 3 heterocycles. The second-order valence-electron chi connectivity index (χ2n) is 6.48. The van der Waals surface area contributed by atoms with Gasteiger partial charge in [0.15, 0.2) is 5.82 Å². The van der Waals surface area contributed by atoms with Gasteiger partial charge in [0.25, 0.3) is 0 Å². The fourth-order valence-electron chi connectivity index (χ4n) is 3.50. The highest BCUT2D eigenvalue weighted by Gasteiger charge is 2.45. The van der Waals surface area contributed by atoms with Crippen LogP contribution in [0.4, 0.5) is 5.82 Å². The Hall–Kier alpha value is -2.50. The zero-order valence-electron chi connectivity index (χ0n) is 13.6. The average molecular weight is 323 g/mol. The maximum atomic E-state index is 12.8. The van der Waals surface area contributed by atoms with Gasteiger partial charge in [0.05, 0.1) is 0 Å². The zero-order chi connectivity index (χ0) is 16.4. The quantitative estimate of drug-likeness (QED) is 0.860. The second kappa shape index (κ2) is 6.55. The minimum atomic E-state index is 0.136. The Bertz CT molecular complexity index is 693. The van der Waals surface area contributed by atoms with Crippen LogP contribution in [0.1, 0.15) is 24.3 Å². The van der Waals surface area contributed by atoms with Crippen molar-refractivity contribution in [3.8, 4) is 0 Å². The van der Waals surface area contributed by atoms with Crippen molar-refractivity contribution in [3.05, 3.63) is 48.4 Å². The van der Waals surface area contributed by atoms with Crippen molar-refractivity contribution in [2.45, 2.75) is 18.8 Å². The topological polar surface area (TPSA) is 62.2 Å². The number of carbonyl (C=O) groups is 1. The summed E-state index contributed by atoms with van der Waals surface area (Å²) in [6.45, 7) is 3.31. The first-order valence-electron chi connectivity index (χ1n) is 8.54. The largest absolute Gasteiger partial charge is 0.353 e. The molecule has 2 aromatic rings. The lowest BCUT2D eigenvalue weighted by atomic mass is 10.1. The molecule has 2 aliphatic rings. The van der Waals surface area contributed by atoms with Crippen molar-refractivity contribution in [3.63, 3.8) is 0 Å². The van der Waals surface area contributed by atoms with Crippen LogP contribution in [-0.4, -0.2) is 52.2 Å². The Kier molecular flexibility index (Phi) is 4.11. The van der Waals surface area contributed by atoms with E-state index in [0.29, 0.717) is 11.8 Å². The average Bonchev–Trinajstić information content (AvgIpc) is 3.46. The number of pyridine rings is 1. The van der Waals surface area contributed by atoms with E-state index in [1.807, 2.05) is 29.3 Å². The molecule has 124 valence electrons. The van der Waals surface area contributed by atoms with Crippen LogP contribution in [0.2, 0.25) is 0 Å². The number of carbonyl (C=O) groups excluding carboxylic acids is 1. The fourth-order valence-corrected chi connectivity index (χ4v) is 3.50. The van der Waals surface area contributed by atoms with Gasteiger partial charge in [-0.3, -0.25) is 9.78 Å². The van der Waals surface area contributed by atoms with Gasteiger partial charge in [-0.2, -0.15) is 5.10 Å². The molecule has 2 atom stereocenters. The monoisotopic (exact) mass is 323 g/mol. The third-order valence-corrected chi connectivity index (χ3v) is 4.91. The summed E-state index contributed by atoms with van der Waals surface area (Å²) in [7, 11) is 0. The lowest BCUT2D eigenvalue weighted by molar-refractivity contribution is -0.132. The maximum Gasteiger partial charge on any atom is 0.226 e. The first kappa shape index (κ1) is 15.1. The summed E-state index contributed by atoms with van der Waals surface area (Å²) < 4.78 is 0. The highest BCUT2D eigenvalue weighted by Crippen LogP contribution is 2.48. The summed E-state index contributed by atoms with van der Waals surface area (Å²) >= 11 is 0. The van der Waals surface area contributed by atoms with Crippen LogP contribution >= 0.6 is 0 Å². The van der Waals surface area contributed by atoms with Gasteiger partial charge in [0.2, 0.25) is 5.91 Å². The first-order valence-corrected chi connectivity index (χ1v) is 8.54. The van der Waals surface area contributed by atoms with Gasteiger partial charge in [0.1, 0.15) is 0 Å². The molecule has 6 heteroatoms. The molecule has 4 rings (SSSR count). The normalized spacial score (nSPS) is 23.7. The summed E-state index contributed by atoms with van der Waals surface area (Å²) in [5.74, 6) is 1.68. The van der Waals surface area contributed by atoms with E-state index in [1.165, 1.54) is 5.56 Å². The van der Waals surface area contributed by atoms with Gasteiger partial charge < -0.3 is 9.80 Å². The lowest BCUT2D eigenvalue weighted by Gasteiger charge is -2.22. The molecule has 0 bridgehead atoms. The van der Waals surface area contributed by atoms with E-state index >= 15 is 0 Å². The first-order chi connectivity index (χ1) is 11.8. The van der Waals surface area contributed by atoms with Gasteiger partial charge in [-0.1, -0.05) is 6.07 Å². The number of hydrogen-bond donors (Lipinski definition) is 0. The van der Waals surface area contributed by atoms with Crippen LogP contribution in [0, 0.1) is 5.92 Å². The molecule has 2 aromatic heterocycles. The van der Waals surface area contributed by atoms with Gasteiger partial charge in [-0.05, 0) is 42.5 Å². The van der Waals surface area contributed by atoms with E-state index in [4.69, 9.17) is 0 Å². The van der Waals surface area contributed by atoms with Gasteiger partial charge in [-0.15, -0.1) is 5.10 Å². The minimum absolute atomic E-state index is 0.136. The van der Waals surface area contributed by atoms with Crippen LogP contribution in [0.5, 0.6) is 0 Å². The molecule has 24 heavy (non-hydrogen) atoms. The minimum Gasteiger partial charge on any atom is -0.353 e. The molecule has 0 unspecified atom stereocenters. The molecule has 1 aliphatic carbocycles. The molecule has 1 aliphatic heterocycles. The molecule has 6 nitrogen and oxygen atoms in total. The van der Waals surface area contributed by atoms with Gasteiger partial charge >= 0.3 is 0 Å². The number of anilines is 1. The molecule has 1 saturated carbocycles. The Morgan fingerprint density at radius 1 is 1.08 bits per heavy atom. The number of nitrogens with zero attached hydrogens (tertiary/aromatic N) is 5. The third kappa shape index (κ3) is 3.09. The highest BCUT2D eigenvalue weighted by molar-refractivity contribution is 5.83. The van der Waals surface area contributed by atoms with Crippen molar-refractivity contribution in [2.75, 3.05) is 31.1 Å². The molecule has 1 saturated heterocycles. The number of rotatable bonds is 3. The Labute approximate surface area is 141 Å². The Balaban J connectivity index is 1.37. The Morgan fingerprint density at radius 3 is 2.79 bits per heavy atom. The molecular weight excluding hydrogens is 302 g/mol. The van der Waals surface area contributed by atoms with Gasteiger partial charge in [0, 0.05) is 50.7 Å². The van der Waals surface area contributed by atoms with E-state index in [-0.39, 0.29) is 5.92 Å². The molecule has 0 radical (unpaired) electrons. The van der Waals surface area contributed by atoms with Crippen LogP contribution in [0.3, 0.4) is 0 Å². The molecule has 0 aromatic carbocycles. The summed E-state index contributed by atoms with van der Waals surface area (Å²) in [6, 6.07) is 7.89. The standard InChI is InChI=1S/C18H21N5O/c24-18(16-12-15(16)14-4-1-6-19-13-14)23-9-3-8-22(10-11-23)17-5-2-7-20-21-17/h1-2,4-7,13,15-16H,3,8-12H2/t15-,16+/m0/s1. The third-order valence-electron chi connectivity index (χ3n) is 4.91. The van der Waals surface area contributed by atoms with Crippen LogP contribution in [-0.2, 0) is 4.79 Å². The van der Waals surface area contributed by atoms with Crippen molar-refractivity contribution in [1.29, 1.82) is 0 Å². The summed E-state index contributed by atoms with van der Waals surface area (Å²) in [5.41, 5.74) is 1.19. The summed E-state index contributed by atoms with van der Waals surface area (Å²) in [4.78, 5) is 21.2. The van der Waals surface area contributed by atoms with E-state index in [2.05, 4.69) is 26.1 Å². The predicted molar refractivity (Wildman–Crippen MR) is 90.5 cm³/mol. The highest BCUT2D eigenvalue weighted by atomic mass is 16.2. The van der Waals surface area contributed by atoms with Crippen LogP contribution in [0.15, 0.2) is 42.9 Å². The second-order valence-corrected chi connectivity index (χ2v) is 6.48. The maximum absolute atomic E-state index is 12.8. The SMILES string of the molecule is O=C([C@@H]1C[C@H]1c1cccnc1)N1CCCN(c2cccnn2)CC1. The lowest BCUT2D eigenvalue weighted by Crippen LogP contribution is -2.36. The summed E-state index contributed by atoms with van der Waals surface area (Å²) in [6.07, 6.45) is 7.26. The number of hydrogen-bond acceptors (Lipinski definition) is 5. The molecule has 1 amide bonds. The van der Waals surface area contributed by atoms with E-state index < -0.39 is 0 Å². The zero-order valence-corrected chi connectivity index (χ0v) is 13.6. The van der Waals surface area contributed by atoms with E-state index in [9.17, 15) is 4.79 Å². The number of amides is 1. The summed E-state index contributed by atoms with van der Waals surface area (Å²) in [5, 5.41) is 8.13. The molecular formula is C18H21N5O. The fraction of sp³-hybridized carbons (Fsp3) is 0.444. The van der Waals surface area contributed by atoms with Crippen molar-refractivity contribution < 1.29 is 4.79 Å². The van der Waals surface area contributed by atoms with E-state index in [0.717, 1.165) is 44.8 Å². The van der Waals surface area contributed by atoms with Crippen LogP contribution in [0.25, 0.3) is 0 Å². The van der Waals surface area contributed by atoms with Crippen molar-refractivity contribution in [1.82, 2.24) is 20.1 Å². The molecule has 0 spiro atoms. The predicted octanol–water partition coefficient (Wildman–Crippen LogP) is 1.71. The van der Waals surface area contributed by atoms with Gasteiger partial charge in [-0.25, -0.2) is 0 Å². The van der Waals surface area contributed by atoms with Crippen molar-refractivity contribution in [2.24, 2.45) is 5.92 Å². The smallest absolute Gasteiger partial charge is 0.226 e. The van der Waals surface area contributed by atoms with Crippen molar-refractivity contribution >= 4 is 11.7 Å². The number of aromatic nitrogens is 3. The molecule has 2 fully saturated rings. The van der Waals surface area contributed by atoms with E-state index in [1.54, 1.807) is 12.4 Å². The Morgan fingerprint density at radius 2 is 2.00 bits per heavy atom. The molecule has 0 N–H and O–H groups in total.